The first kappa shape index (κ1) is 19.5. The van der Waals surface area contributed by atoms with Crippen LogP contribution in [0.4, 0.5) is 0 Å². The van der Waals surface area contributed by atoms with E-state index in [1.54, 1.807) is 6.07 Å². The first-order valence-corrected chi connectivity index (χ1v) is 10.0. The highest BCUT2D eigenvalue weighted by molar-refractivity contribution is 6.42. The van der Waals surface area contributed by atoms with Crippen molar-refractivity contribution in [1.29, 1.82) is 0 Å². The molecule has 140 valence electrons. The second-order valence-electron chi connectivity index (χ2n) is 6.70. The van der Waals surface area contributed by atoms with Gasteiger partial charge in [0, 0.05) is 24.7 Å². The summed E-state index contributed by atoms with van der Waals surface area (Å²) in [6.45, 7) is 6.91. The Kier molecular flexibility index (Phi) is 7.21. The third-order valence-corrected chi connectivity index (χ3v) is 5.69. The highest BCUT2D eigenvalue weighted by Gasteiger charge is 2.22. The fraction of sp³-hybridized carbons (Fsp3) is 0.429. The van der Waals surface area contributed by atoms with Gasteiger partial charge in [0.2, 0.25) is 0 Å². The predicted octanol–water partition coefficient (Wildman–Crippen LogP) is 5.15. The molecule has 3 rings (SSSR count). The maximum absolute atomic E-state index is 6.08. The zero-order chi connectivity index (χ0) is 18.4. The first-order valence-electron chi connectivity index (χ1n) is 9.26. The lowest BCUT2D eigenvalue weighted by atomic mass is 10.1. The Morgan fingerprint density at radius 1 is 1.15 bits per heavy atom. The second kappa shape index (κ2) is 9.61. The second-order valence-corrected chi connectivity index (χ2v) is 7.51. The molecule has 3 nitrogen and oxygen atoms in total. The number of likely N-dealkylation sites (N-methyl/N-ethyl adjacent to an activating group) is 1. The average molecular weight is 393 g/mol. The van der Waals surface area contributed by atoms with E-state index in [0.29, 0.717) is 22.7 Å². The molecule has 26 heavy (non-hydrogen) atoms. The van der Waals surface area contributed by atoms with Crippen LogP contribution in [0, 0.1) is 0 Å². The minimum absolute atomic E-state index is 0.472. The topological polar surface area (TPSA) is 24.5 Å². The van der Waals surface area contributed by atoms with Crippen molar-refractivity contribution >= 4 is 23.2 Å². The number of benzene rings is 2. The van der Waals surface area contributed by atoms with Crippen LogP contribution < -0.4 is 10.1 Å². The summed E-state index contributed by atoms with van der Waals surface area (Å²) in [5.74, 6) is 0.907. The Hall–Kier alpha value is -1.26. The monoisotopic (exact) mass is 392 g/mol. The van der Waals surface area contributed by atoms with Gasteiger partial charge in [0.1, 0.15) is 12.4 Å². The Labute approximate surface area is 166 Å². The van der Waals surface area contributed by atoms with E-state index >= 15 is 0 Å². The van der Waals surface area contributed by atoms with E-state index in [4.69, 9.17) is 27.9 Å². The van der Waals surface area contributed by atoms with E-state index in [1.807, 2.05) is 24.3 Å². The molecule has 0 aliphatic carbocycles. The van der Waals surface area contributed by atoms with Gasteiger partial charge < -0.3 is 10.1 Å². The smallest absolute Gasteiger partial charge is 0.124 e. The molecule has 1 fully saturated rings. The number of nitrogens with one attached hydrogen (secondary N) is 1. The summed E-state index contributed by atoms with van der Waals surface area (Å²) in [6.07, 6.45) is 2.60. The van der Waals surface area contributed by atoms with Gasteiger partial charge in [-0.1, -0.05) is 54.4 Å². The minimum atomic E-state index is 0.472. The van der Waals surface area contributed by atoms with Gasteiger partial charge >= 0.3 is 0 Å². The van der Waals surface area contributed by atoms with E-state index < -0.39 is 0 Å². The summed E-state index contributed by atoms with van der Waals surface area (Å²) in [6, 6.07) is 14.4. The van der Waals surface area contributed by atoms with Crippen molar-refractivity contribution in [3.63, 3.8) is 0 Å². The number of para-hydroxylation sites is 1. The Morgan fingerprint density at radius 3 is 2.81 bits per heavy atom. The Balaban J connectivity index is 1.55. The quantitative estimate of drug-likeness (QED) is 0.672. The third kappa shape index (κ3) is 5.14. The van der Waals surface area contributed by atoms with Gasteiger partial charge in [-0.3, -0.25) is 4.90 Å². The summed E-state index contributed by atoms with van der Waals surface area (Å²) in [5.41, 5.74) is 2.18. The van der Waals surface area contributed by atoms with Gasteiger partial charge in [-0.05, 0) is 49.7 Å². The van der Waals surface area contributed by atoms with Crippen LogP contribution in [-0.4, -0.2) is 30.6 Å². The van der Waals surface area contributed by atoms with E-state index in [2.05, 4.69) is 29.3 Å². The highest BCUT2D eigenvalue weighted by atomic mass is 35.5. The van der Waals surface area contributed by atoms with Gasteiger partial charge in [-0.15, -0.1) is 0 Å². The number of nitrogens with zero attached hydrogens (tertiary/aromatic N) is 1. The van der Waals surface area contributed by atoms with Crippen LogP contribution in [0.1, 0.15) is 30.9 Å². The third-order valence-electron chi connectivity index (χ3n) is 4.95. The van der Waals surface area contributed by atoms with Crippen LogP contribution in [0.2, 0.25) is 10.0 Å². The predicted molar refractivity (Wildman–Crippen MR) is 109 cm³/mol. The average Bonchev–Trinajstić information content (AvgIpc) is 3.11. The largest absolute Gasteiger partial charge is 0.489 e. The molecule has 2 aromatic carbocycles. The molecule has 1 saturated heterocycles. The normalized spacial score (nSPS) is 17.6. The summed E-state index contributed by atoms with van der Waals surface area (Å²) in [7, 11) is 0. The Bertz CT molecular complexity index is 723. The van der Waals surface area contributed by atoms with Crippen molar-refractivity contribution in [2.45, 2.75) is 39.0 Å². The molecule has 2 aromatic rings. The first-order chi connectivity index (χ1) is 12.7. The molecular weight excluding hydrogens is 367 g/mol. The fourth-order valence-electron chi connectivity index (χ4n) is 3.50. The van der Waals surface area contributed by atoms with Crippen molar-refractivity contribution < 1.29 is 4.74 Å². The maximum atomic E-state index is 6.08. The lowest BCUT2D eigenvalue weighted by Crippen LogP contribution is -2.37. The lowest BCUT2D eigenvalue weighted by molar-refractivity contribution is 0.259. The minimum Gasteiger partial charge on any atom is -0.489 e. The van der Waals surface area contributed by atoms with Gasteiger partial charge in [0.15, 0.2) is 0 Å². The molecule has 1 N–H and O–H groups in total. The van der Waals surface area contributed by atoms with Crippen LogP contribution >= 0.6 is 23.2 Å². The summed E-state index contributed by atoms with van der Waals surface area (Å²) < 4.78 is 6.03. The summed E-state index contributed by atoms with van der Waals surface area (Å²) in [5, 5.41) is 4.72. The van der Waals surface area contributed by atoms with E-state index in [-0.39, 0.29) is 0 Å². The molecular formula is C21H26Cl2N2O. The van der Waals surface area contributed by atoms with Gasteiger partial charge in [0.25, 0.3) is 0 Å². The number of halogens is 2. The summed E-state index contributed by atoms with van der Waals surface area (Å²) in [4.78, 5) is 2.56. The van der Waals surface area contributed by atoms with E-state index in [1.165, 1.54) is 24.9 Å². The van der Waals surface area contributed by atoms with Crippen LogP contribution in [0.25, 0.3) is 0 Å². The molecule has 1 heterocycles. The molecule has 5 heteroatoms. The standard InChI is InChI=1S/C21H26Cl2N2O/c1-2-25-11-5-7-18(25)14-24-13-17-6-3-4-8-21(17)26-15-16-9-10-19(22)20(23)12-16/h3-4,6,8-10,12,18,24H,2,5,7,11,13-15H2,1H3/t18-/m1/s1. The van der Waals surface area contributed by atoms with Crippen LogP contribution in [0.15, 0.2) is 42.5 Å². The van der Waals surface area contributed by atoms with Crippen LogP contribution in [0.3, 0.4) is 0 Å². The van der Waals surface area contributed by atoms with E-state index in [0.717, 1.165) is 30.9 Å². The lowest BCUT2D eigenvalue weighted by Gasteiger charge is -2.23. The molecule has 1 atom stereocenters. The number of hydrogen-bond acceptors (Lipinski definition) is 3. The number of likely N-dealkylation sites (tertiary alicyclic amines) is 1. The van der Waals surface area contributed by atoms with Crippen molar-refractivity contribution in [3.8, 4) is 5.75 Å². The summed E-state index contributed by atoms with van der Waals surface area (Å²) >= 11 is 12.1. The fourth-order valence-corrected chi connectivity index (χ4v) is 3.82. The number of hydrogen-bond donors (Lipinski definition) is 1. The SMILES string of the molecule is CCN1CCC[C@@H]1CNCc1ccccc1OCc1ccc(Cl)c(Cl)c1. The van der Waals surface area contributed by atoms with Crippen molar-refractivity contribution in [1.82, 2.24) is 10.2 Å². The van der Waals surface area contributed by atoms with Crippen LogP contribution in [-0.2, 0) is 13.2 Å². The van der Waals surface area contributed by atoms with Crippen LogP contribution in [0.5, 0.6) is 5.75 Å². The molecule has 1 aliphatic rings. The zero-order valence-electron chi connectivity index (χ0n) is 15.2. The highest BCUT2D eigenvalue weighted by Crippen LogP contribution is 2.24. The van der Waals surface area contributed by atoms with Crippen molar-refractivity contribution in [2.75, 3.05) is 19.6 Å². The van der Waals surface area contributed by atoms with Crippen molar-refractivity contribution in [3.05, 3.63) is 63.6 Å². The molecule has 0 radical (unpaired) electrons. The molecule has 0 unspecified atom stereocenters. The van der Waals surface area contributed by atoms with Gasteiger partial charge in [-0.25, -0.2) is 0 Å². The molecule has 0 aromatic heterocycles. The maximum Gasteiger partial charge on any atom is 0.124 e. The Morgan fingerprint density at radius 2 is 2.00 bits per heavy atom. The number of ether oxygens (including phenoxy) is 1. The van der Waals surface area contributed by atoms with E-state index in [9.17, 15) is 0 Å². The molecule has 0 amide bonds. The molecule has 0 spiro atoms. The number of rotatable bonds is 8. The molecule has 0 saturated carbocycles. The zero-order valence-corrected chi connectivity index (χ0v) is 16.7. The van der Waals surface area contributed by atoms with Crippen molar-refractivity contribution in [2.24, 2.45) is 0 Å². The molecule has 1 aliphatic heterocycles. The van der Waals surface area contributed by atoms with Gasteiger partial charge in [0.05, 0.1) is 10.0 Å². The molecule has 0 bridgehead atoms. The van der Waals surface area contributed by atoms with Gasteiger partial charge in [-0.2, -0.15) is 0 Å².